The zero-order valence-corrected chi connectivity index (χ0v) is 16.5. The number of aliphatic hydroxyl groups is 1. The second-order valence-electron chi connectivity index (χ2n) is 6.16. The summed E-state index contributed by atoms with van der Waals surface area (Å²) in [6.45, 7) is 0. The SMILES string of the molecule is OC(CSC(c1ccc(Cl)cc1)c1ccc(Cl)cc1)Cc1ccccc1. The fraction of sp³-hybridized carbons (Fsp3) is 0.182. The molecule has 1 atom stereocenters. The molecule has 0 saturated carbocycles. The van der Waals surface area contributed by atoms with Gasteiger partial charge in [-0.3, -0.25) is 0 Å². The van der Waals surface area contributed by atoms with Crippen LogP contribution in [0.1, 0.15) is 21.9 Å². The lowest BCUT2D eigenvalue weighted by Crippen LogP contribution is -2.15. The van der Waals surface area contributed by atoms with Crippen molar-refractivity contribution in [1.29, 1.82) is 0 Å². The Morgan fingerprint density at radius 1 is 0.731 bits per heavy atom. The molecule has 0 amide bonds. The molecule has 134 valence electrons. The third-order valence-electron chi connectivity index (χ3n) is 4.11. The van der Waals surface area contributed by atoms with Crippen molar-refractivity contribution in [1.82, 2.24) is 0 Å². The van der Waals surface area contributed by atoms with E-state index in [1.54, 1.807) is 11.8 Å². The van der Waals surface area contributed by atoms with E-state index in [2.05, 4.69) is 0 Å². The fourth-order valence-corrected chi connectivity index (χ4v) is 4.30. The van der Waals surface area contributed by atoms with Crippen molar-refractivity contribution in [3.63, 3.8) is 0 Å². The normalized spacial score (nSPS) is 12.3. The summed E-state index contributed by atoms with van der Waals surface area (Å²) in [6.07, 6.45) is 0.256. The first-order valence-electron chi connectivity index (χ1n) is 8.46. The highest BCUT2D eigenvalue weighted by atomic mass is 35.5. The molecule has 3 aromatic carbocycles. The first-order valence-corrected chi connectivity index (χ1v) is 10.3. The summed E-state index contributed by atoms with van der Waals surface area (Å²) >= 11 is 13.8. The fourth-order valence-electron chi connectivity index (χ4n) is 2.81. The van der Waals surface area contributed by atoms with Gasteiger partial charge in [-0.1, -0.05) is 77.8 Å². The molecule has 0 aromatic heterocycles. The van der Waals surface area contributed by atoms with Crippen LogP contribution in [-0.4, -0.2) is 17.0 Å². The molecule has 0 radical (unpaired) electrons. The van der Waals surface area contributed by atoms with Crippen LogP contribution in [0.2, 0.25) is 10.0 Å². The highest BCUT2D eigenvalue weighted by Crippen LogP contribution is 2.37. The third-order valence-corrected chi connectivity index (χ3v) is 6.07. The Balaban J connectivity index is 1.73. The van der Waals surface area contributed by atoms with Crippen molar-refractivity contribution < 1.29 is 5.11 Å². The van der Waals surface area contributed by atoms with Gasteiger partial charge in [0.15, 0.2) is 0 Å². The molecule has 0 aliphatic heterocycles. The molecule has 1 unspecified atom stereocenters. The molecule has 1 nitrogen and oxygen atoms in total. The standard InChI is InChI=1S/C22H20Cl2OS/c23-19-10-6-17(7-11-19)22(18-8-12-20(24)13-9-18)26-15-21(25)14-16-4-2-1-3-5-16/h1-13,21-22,25H,14-15H2. The second-order valence-corrected chi connectivity index (χ2v) is 8.17. The largest absolute Gasteiger partial charge is 0.392 e. The van der Waals surface area contributed by atoms with Crippen LogP contribution < -0.4 is 0 Å². The van der Waals surface area contributed by atoms with Crippen LogP contribution in [0.4, 0.5) is 0 Å². The lowest BCUT2D eigenvalue weighted by Gasteiger charge is -2.20. The van der Waals surface area contributed by atoms with Gasteiger partial charge in [-0.25, -0.2) is 0 Å². The van der Waals surface area contributed by atoms with E-state index in [9.17, 15) is 5.11 Å². The van der Waals surface area contributed by atoms with Crippen LogP contribution in [0.25, 0.3) is 0 Å². The number of halogens is 2. The van der Waals surface area contributed by atoms with Gasteiger partial charge in [-0.2, -0.15) is 0 Å². The number of rotatable bonds is 7. The lowest BCUT2D eigenvalue weighted by atomic mass is 10.0. The third kappa shape index (κ3) is 5.52. The van der Waals surface area contributed by atoms with Gasteiger partial charge in [-0.05, 0) is 47.4 Å². The van der Waals surface area contributed by atoms with Gasteiger partial charge in [0.2, 0.25) is 0 Å². The number of thioether (sulfide) groups is 1. The van der Waals surface area contributed by atoms with Crippen molar-refractivity contribution in [3.8, 4) is 0 Å². The maximum Gasteiger partial charge on any atom is 0.0671 e. The van der Waals surface area contributed by atoms with E-state index >= 15 is 0 Å². The van der Waals surface area contributed by atoms with Gasteiger partial charge in [0.05, 0.1) is 11.4 Å². The number of hydrogen-bond acceptors (Lipinski definition) is 2. The van der Waals surface area contributed by atoms with E-state index in [4.69, 9.17) is 23.2 Å². The molecule has 0 saturated heterocycles. The number of aliphatic hydroxyl groups excluding tert-OH is 1. The zero-order chi connectivity index (χ0) is 18.4. The summed E-state index contributed by atoms with van der Waals surface area (Å²) in [5, 5.41) is 12.0. The van der Waals surface area contributed by atoms with Gasteiger partial charge in [0.25, 0.3) is 0 Å². The maximum atomic E-state index is 10.5. The van der Waals surface area contributed by atoms with E-state index in [1.165, 1.54) is 0 Å². The van der Waals surface area contributed by atoms with Crippen LogP contribution in [0.15, 0.2) is 78.9 Å². The molecule has 4 heteroatoms. The number of benzene rings is 3. The van der Waals surface area contributed by atoms with Crippen molar-refractivity contribution in [3.05, 3.63) is 106 Å². The molecule has 0 aliphatic rings. The number of hydrogen-bond donors (Lipinski definition) is 1. The van der Waals surface area contributed by atoms with E-state index in [1.807, 2.05) is 78.9 Å². The Labute approximate surface area is 169 Å². The van der Waals surface area contributed by atoms with Crippen LogP contribution in [0.5, 0.6) is 0 Å². The molecule has 0 aliphatic carbocycles. The minimum Gasteiger partial charge on any atom is -0.392 e. The highest BCUT2D eigenvalue weighted by Gasteiger charge is 2.17. The van der Waals surface area contributed by atoms with Crippen LogP contribution in [0, 0.1) is 0 Å². The summed E-state index contributed by atoms with van der Waals surface area (Å²) < 4.78 is 0. The van der Waals surface area contributed by atoms with Crippen LogP contribution in [0.3, 0.4) is 0 Å². The Kier molecular flexibility index (Phi) is 7.04. The maximum absolute atomic E-state index is 10.5. The van der Waals surface area contributed by atoms with E-state index in [-0.39, 0.29) is 5.25 Å². The Bertz CT molecular complexity index is 758. The molecule has 0 spiro atoms. The smallest absolute Gasteiger partial charge is 0.0671 e. The van der Waals surface area contributed by atoms with Crippen molar-refractivity contribution in [2.75, 3.05) is 5.75 Å². The molecule has 0 bridgehead atoms. The van der Waals surface area contributed by atoms with Crippen molar-refractivity contribution in [2.45, 2.75) is 17.8 Å². The Hall–Kier alpha value is -1.45. The second kappa shape index (κ2) is 9.48. The highest BCUT2D eigenvalue weighted by molar-refractivity contribution is 7.99. The van der Waals surface area contributed by atoms with Crippen LogP contribution in [-0.2, 0) is 6.42 Å². The molecule has 0 fully saturated rings. The molecular weight excluding hydrogens is 383 g/mol. The lowest BCUT2D eigenvalue weighted by molar-refractivity contribution is 0.200. The van der Waals surface area contributed by atoms with Crippen LogP contribution >= 0.6 is 35.0 Å². The predicted octanol–water partition coefficient (Wildman–Crippen LogP) is 6.42. The summed E-state index contributed by atoms with van der Waals surface area (Å²) in [7, 11) is 0. The minimum atomic E-state index is -0.399. The molecule has 3 aromatic rings. The molecule has 1 N–H and O–H groups in total. The predicted molar refractivity (Wildman–Crippen MR) is 113 cm³/mol. The monoisotopic (exact) mass is 402 g/mol. The van der Waals surface area contributed by atoms with E-state index in [0.29, 0.717) is 12.2 Å². The zero-order valence-electron chi connectivity index (χ0n) is 14.2. The molecule has 0 heterocycles. The average molecular weight is 403 g/mol. The summed E-state index contributed by atoms with van der Waals surface area (Å²) in [6, 6.07) is 25.9. The van der Waals surface area contributed by atoms with Crippen molar-refractivity contribution in [2.24, 2.45) is 0 Å². The van der Waals surface area contributed by atoms with Gasteiger partial charge >= 0.3 is 0 Å². The molecule has 26 heavy (non-hydrogen) atoms. The van der Waals surface area contributed by atoms with Gasteiger partial charge in [0.1, 0.15) is 0 Å². The molecule has 3 rings (SSSR count). The first kappa shape index (κ1) is 19.3. The topological polar surface area (TPSA) is 20.2 Å². The quantitative estimate of drug-likeness (QED) is 0.491. The van der Waals surface area contributed by atoms with Gasteiger partial charge in [0, 0.05) is 15.8 Å². The Morgan fingerprint density at radius 2 is 1.23 bits per heavy atom. The first-order chi connectivity index (χ1) is 12.6. The van der Waals surface area contributed by atoms with E-state index in [0.717, 1.165) is 26.7 Å². The Morgan fingerprint density at radius 3 is 1.73 bits per heavy atom. The molecular formula is C22H20Cl2OS. The van der Waals surface area contributed by atoms with Crippen molar-refractivity contribution >= 4 is 35.0 Å². The minimum absolute atomic E-state index is 0.120. The summed E-state index contributed by atoms with van der Waals surface area (Å²) in [5.41, 5.74) is 3.47. The summed E-state index contributed by atoms with van der Waals surface area (Å²) in [5.74, 6) is 0.644. The van der Waals surface area contributed by atoms with E-state index < -0.39 is 6.10 Å². The summed E-state index contributed by atoms with van der Waals surface area (Å²) in [4.78, 5) is 0. The van der Waals surface area contributed by atoms with Gasteiger partial charge in [-0.15, -0.1) is 11.8 Å². The average Bonchev–Trinajstić information content (AvgIpc) is 2.65. The van der Waals surface area contributed by atoms with Gasteiger partial charge < -0.3 is 5.11 Å².